The molecule has 3 nitrogen and oxygen atoms in total. The van der Waals surface area contributed by atoms with E-state index in [1.54, 1.807) is 11.2 Å². The van der Waals surface area contributed by atoms with Crippen molar-refractivity contribution >= 4 is 26.0 Å². The molecule has 0 amide bonds. The van der Waals surface area contributed by atoms with Gasteiger partial charge in [0.2, 0.25) is 10.0 Å². The van der Waals surface area contributed by atoms with Gasteiger partial charge in [-0.1, -0.05) is 22.4 Å². The van der Waals surface area contributed by atoms with Crippen LogP contribution in [0.4, 0.5) is 0 Å². The topological polar surface area (TPSA) is 37.4 Å². The van der Waals surface area contributed by atoms with Crippen molar-refractivity contribution < 1.29 is 8.42 Å². The van der Waals surface area contributed by atoms with Crippen LogP contribution in [-0.2, 0) is 10.0 Å². The number of piperidine rings is 1. The zero-order valence-corrected chi connectivity index (χ0v) is 11.0. The van der Waals surface area contributed by atoms with Crippen LogP contribution >= 0.6 is 15.9 Å². The lowest BCUT2D eigenvalue weighted by atomic mass is 10.0. The molecule has 0 aromatic heterocycles. The van der Waals surface area contributed by atoms with Gasteiger partial charge in [0, 0.05) is 17.9 Å². The highest BCUT2D eigenvalue weighted by atomic mass is 79.9. The van der Waals surface area contributed by atoms with E-state index in [0.717, 1.165) is 31.0 Å². The molecule has 0 saturated carbocycles. The molecule has 0 aliphatic carbocycles. The van der Waals surface area contributed by atoms with E-state index in [-0.39, 0.29) is 11.8 Å². The van der Waals surface area contributed by atoms with Crippen LogP contribution in [0.3, 0.4) is 0 Å². The summed E-state index contributed by atoms with van der Waals surface area (Å²) in [4.78, 5) is 0. The molecule has 0 radical (unpaired) electrons. The third-order valence-electron chi connectivity index (χ3n) is 2.74. The lowest BCUT2D eigenvalue weighted by Gasteiger charge is -2.34. The van der Waals surface area contributed by atoms with E-state index in [1.165, 1.54) is 0 Å². The summed E-state index contributed by atoms with van der Waals surface area (Å²) < 4.78 is 25.2. The van der Waals surface area contributed by atoms with Crippen LogP contribution in [0.5, 0.6) is 0 Å². The molecule has 0 bridgehead atoms. The molecule has 5 heteroatoms. The Kier molecular flexibility index (Phi) is 4.87. The molecule has 0 aromatic rings. The summed E-state index contributed by atoms with van der Waals surface area (Å²) >= 11 is 3.38. The molecule has 1 aliphatic heterocycles. The molecule has 1 fully saturated rings. The molecule has 84 valence electrons. The molecule has 0 aromatic carbocycles. The zero-order chi connectivity index (χ0) is 10.6. The maximum absolute atomic E-state index is 11.8. The number of hydrogen-bond donors (Lipinski definition) is 0. The number of alkyl halides is 1. The second-order valence-electron chi connectivity index (χ2n) is 3.64. The van der Waals surface area contributed by atoms with Crippen LogP contribution in [0.1, 0.15) is 32.6 Å². The predicted octanol–water partition coefficient (Wildman–Crippen LogP) is 1.98. The Morgan fingerprint density at radius 1 is 1.43 bits per heavy atom. The summed E-state index contributed by atoms with van der Waals surface area (Å²) in [5, 5.41) is 0.882. The fourth-order valence-corrected chi connectivity index (χ4v) is 3.85. The maximum atomic E-state index is 11.8. The average molecular weight is 284 g/mol. The Hall–Kier alpha value is 0.390. The Morgan fingerprint density at radius 3 is 2.71 bits per heavy atom. The standard InChI is InChI=1S/C9H18BrNO2S/c1-2-14(12,13)11-8-4-3-5-9(11)6-7-10/h9H,2-8H2,1H3. The van der Waals surface area contributed by atoms with E-state index in [2.05, 4.69) is 15.9 Å². The van der Waals surface area contributed by atoms with Crippen molar-refractivity contribution in [1.29, 1.82) is 0 Å². The maximum Gasteiger partial charge on any atom is 0.214 e. The lowest BCUT2D eigenvalue weighted by molar-refractivity contribution is 0.248. The third-order valence-corrected chi connectivity index (χ3v) is 5.12. The van der Waals surface area contributed by atoms with Crippen LogP contribution < -0.4 is 0 Å². The van der Waals surface area contributed by atoms with Crippen molar-refractivity contribution in [1.82, 2.24) is 4.31 Å². The number of nitrogens with zero attached hydrogens (tertiary/aromatic N) is 1. The molecule has 1 atom stereocenters. The largest absolute Gasteiger partial charge is 0.214 e. The first-order chi connectivity index (χ1) is 6.61. The van der Waals surface area contributed by atoms with E-state index < -0.39 is 10.0 Å². The zero-order valence-electron chi connectivity index (χ0n) is 8.58. The van der Waals surface area contributed by atoms with Crippen LogP contribution in [-0.4, -0.2) is 36.4 Å². The molecular formula is C9H18BrNO2S. The van der Waals surface area contributed by atoms with Crippen LogP contribution in [0.2, 0.25) is 0 Å². The summed E-state index contributed by atoms with van der Waals surface area (Å²) in [5.41, 5.74) is 0. The molecule has 1 unspecified atom stereocenters. The number of rotatable bonds is 4. The SMILES string of the molecule is CCS(=O)(=O)N1CCCCC1CCBr. The van der Waals surface area contributed by atoms with E-state index in [9.17, 15) is 8.42 Å². The number of hydrogen-bond acceptors (Lipinski definition) is 2. The van der Waals surface area contributed by atoms with Gasteiger partial charge < -0.3 is 0 Å². The predicted molar refractivity (Wildman–Crippen MR) is 62.2 cm³/mol. The Labute approximate surface area is 95.0 Å². The van der Waals surface area contributed by atoms with Gasteiger partial charge in [-0.25, -0.2) is 8.42 Å². The highest BCUT2D eigenvalue weighted by Crippen LogP contribution is 2.23. The minimum absolute atomic E-state index is 0.228. The first-order valence-corrected chi connectivity index (χ1v) is 7.90. The van der Waals surface area contributed by atoms with E-state index in [0.29, 0.717) is 6.54 Å². The molecule has 1 saturated heterocycles. The summed E-state index contributed by atoms with van der Waals surface area (Å²) in [6.07, 6.45) is 4.12. The average Bonchev–Trinajstić information content (AvgIpc) is 2.19. The summed E-state index contributed by atoms with van der Waals surface area (Å²) in [7, 11) is -2.98. The van der Waals surface area contributed by atoms with Crippen molar-refractivity contribution in [3.8, 4) is 0 Å². The Bertz CT molecular complexity index is 264. The molecule has 1 aliphatic rings. The van der Waals surface area contributed by atoms with Gasteiger partial charge in [0.05, 0.1) is 5.75 Å². The minimum atomic E-state index is -2.98. The molecular weight excluding hydrogens is 266 g/mol. The third kappa shape index (κ3) is 2.94. The van der Waals surface area contributed by atoms with Crippen LogP contribution in [0.15, 0.2) is 0 Å². The van der Waals surface area contributed by atoms with Gasteiger partial charge in [0.25, 0.3) is 0 Å². The van der Waals surface area contributed by atoms with E-state index in [1.807, 2.05) is 0 Å². The van der Waals surface area contributed by atoms with Crippen molar-refractivity contribution in [2.24, 2.45) is 0 Å². The molecule has 0 spiro atoms. The van der Waals surface area contributed by atoms with Crippen LogP contribution in [0, 0.1) is 0 Å². The van der Waals surface area contributed by atoms with Gasteiger partial charge in [-0.05, 0) is 26.2 Å². The smallest absolute Gasteiger partial charge is 0.212 e. The summed E-state index contributed by atoms with van der Waals surface area (Å²) in [5.74, 6) is 0.228. The normalized spacial score (nSPS) is 25.1. The minimum Gasteiger partial charge on any atom is -0.212 e. The van der Waals surface area contributed by atoms with Gasteiger partial charge in [-0.2, -0.15) is 4.31 Å². The Balaban J connectivity index is 2.72. The monoisotopic (exact) mass is 283 g/mol. The van der Waals surface area contributed by atoms with Gasteiger partial charge in [0.1, 0.15) is 0 Å². The molecule has 14 heavy (non-hydrogen) atoms. The molecule has 1 rings (SSSR count). The lowest BCUT2D eigenvalue weighted by Crippen LogP contribution is -2.44. The van der Waals surface area contributed by atoms with E-state index in [4.69, 9.17) is 0 Å². The molecule has 0 N–H and O–H groups in total. The Morgan fingerprint density at radius 2 is 2.14 bits per heavy atom. The van der Waals surface area contributed by atoms with E-state index >= 15 is 0 Å². The van der Waals surface area contributed by atoms with Crippen LogP contribution in [0.25, 0.3) is 0 Å². The highest BCUT2D eigenvalue weighted by molar-refractivity contribution is 9.09. The first kappa shape index (κ1) is 12.5. The first-order valence-electron chi connectivity index (χ1n) is 5.17. The van der Waals surface area contributed by atoms with Gasteiger partial charge in [-0.15, -0.1) is 0 Å². The van der Waals surface area contributed by atoms with Crippen molar-refractivity contribution in [2.75, 3.05) is 17.6 Å². The summed E-state index contributed by atoms with van der Waals surface area (Å²) in [6, 6.07) is 0.230. The molecule has 1 heterocycles. The second kappa shape index (κ2) is 5.47. The fourth-order valence-electron chi connectivity index (χ4n) is 1.92. The second-order valence-corrected chi connectivity index (χ2v) is 6.64. The van der Waals surface area contributed by atoms with Crippen molar-refractivity contribution in [2.45, 2.75) is 38.6 Å². The van der Waals surface area contributed by atoms with Gasteiger partial charge in [0.15, 0.2) is 0 Å². The van der Waals surface area contributed by atoms with Crippen molar-refractivity contribution in [3.05, 3.63) is 0 Å². The number of halogens is 1. The van der Waals surface area contributed by atoms with Gasteiger partial charge in [-0.3, -0.25) is 0 Å². The fraction of sp³-hybridized carbons (Fsp3) is 1.00. The number of sulfonamides is 1. The summed E-state index contributed by atoms with van der Waals surface area (Å²) in [6.45, 7) is 2.43. The van der Waals surface area contributed by atoms with Crippen molar-refractivity contribution in [3.63, 3.8) is 0 Å². The quantitative estimate of drug-likeness (QED) is 0.740. The van der Waals surface area contributed by atoms with Gasteiger partial charge >= 0.3 is 0 Å². The highest BCUT2D eigenvalue weighted by Gasteiger charge is 2.30.